The lowest BCUT2D eigenvalue weighted by Gasteiger charge is -2.24. The zero-order chi connectivity index (χ0) is 17.4. The van der Waals surface area contributed by atoms with Gasteiger partial charge in [0.2, 0.25) is 5.91 Å². The van der Waals surface area contributed by atoms with Crippen molar-refractivity contribution in [1.82, 2.24) is 15.1 Å². The average Bonchev–Trinajstić information content (AvgIpc) is 3.30. The number of nitrogens with zero attached hydrogens (tertiary/aromatic N) is 3. The van der Waals surface area contributed by atoms with Crippen LogP contribution in [0, 0.1) is 23.2 Å². The molecule has 0 aromatic carbocycles. The number of imide groups is 2. The van der Waals surface area contributed by atoms with Gasteiger partial charge in [-0.1, -0.05) is 13.8 Å². The molecule has 1 aliphatic heterocycles. The lowest BCUT2D eigenvalue weighted by Crippen LogP contribution is -2.51. The smallest absolute Gasteiger partial charge is 0.334 e. The van der Waals surface area contributed by atoms with E-state index in [-0.39, 0.29) is 18.4 Å². The van der Waals surface area contributed by atoms with Crippen molar-refractivity contribution in [3.05, 3.63) is 0 Å². The number of nitriles is 1. The van der Waals surface area contributed by atoms with Crippen molar-refractivity contribution in [2.24, 2.45) is 11.8 Å². The van der Waals surface area contributed by atoms with Gasteiger partial charge in [-0.2, -0.15) is 5.26 Å². The SMILES string of the molecule is CC(C)CN1C(=O)C(=O)N(CC(=O)N[C@@](C)(C#N)C2CC2)C1=O. The molecule has 1 heterocycles. The maximum atomic E-state index is 12.1. The van der Waals surface area contributed by atoms with Gasteiger partial charge in [-0.05, 0) is 31.6 Å². The van der Waals surface area contributed by atoms with Gasteiger partial charge in [0.15, 0.2) is 0 Å². The second-order valence-corrected chi connectivity index (χ2v) is 6.62. The molecule has 0 unspecified atom stereocenters. The van der Waals surface area contributed by atoms with Crippen molar-refractivity contribution >= 4 is 23.8 Å². The van der Waals surface area contributed by atoms with Crippen LogP contribution in [0.5, 0.6) is 0 Å². The highest BCUT2D eigenvalue weighted by molar-refractivity contribution is 6.45. The first kappa shape index (κ1) is 16.9. The number of nitrogens with one attached hydrogen (secondary N) is 1. The molecule has 8 heteroatoms. The fourth-order valence-electron chi connectivity index (χ4n) is 2.57. The summed E-state index contributed by atoms with van der Waals surface area (Å²) >= 11 is 0. The van der Waals surface area contributed by atoms with Gasteiger partial charge in [0.25, 0.3) is 0 Å². The number of hydrogen-bond acceptors (Lipinski definition) is 5. The number of rotatable bonds is 6. The molecule has 1 aliphatic carbocycles. The second kappa shape index (κ2) is 5.99. The number of hydrogen-bond donors (Lipinski definition) is 1. The standard InChI is InChI=1S/C15H20N4O4/c1-9(2)6-18-12(21)13(22)19(14(18)23)7-11(20)17-15(3,8-16)10-4-5-10/h9-10H,4-7H2,1-3H3,(H,17,20)/t15-/m0/s1. The number of amides is 5. The van der Waals surface area contributed by atoms with Gasteiger partial charge in [-0.25, -0.2) is 9.69 Å². The summed E-state index contributed by atoms with van der Waals surface area (Å²) in [6.45, 7) is 4.82. The molecule has 23 heavy (non-hydrogen) atoms. The largest absolute Gasteiger partial charge is 0.336 e. The second-order valence-electron chi connectivity index (χ2n) is 6.62. The first-order valence-corrected chi connectivity index (χ1v) is 7.59. The van der Waals surface area contributed by atoms with Crippen LogP contribution in [-0.4, -0.2) is 52.2 Å². The van der Waals surface area contributed by atoms with E-state index in [0.717, 1.165) is 17.7 Å². The quantitative estimate of drug-likeness (QED) is 0.557. The Morgan fingerprint density at radius 3 is 2.35 bits per heavy atom. The fraction of sp³-hybridized carbons (Fsp3) is 0.667. The summed E-state index contributed by atoms with van der Waals surface area (Å²) in [6, 6.07) is 1.28. The molecule has 2 aliphatic rings. The molecule has 8 nitrogen and oxygen atoms in total. The van der Waals surface area contributed by atoms with E-state index in [1.165, 1.54) is 0 Å². The first-order chi connectivity index (χ1) is 10.7. The molecule has 5 amide bonds. The van der Waals surface area contributed by atoms with Gasteiger partial charge >= 0.3 is 17.8 Å². The van der Waals surface area contributed by atoms with Gasteiger partial charge in [0.1, 0.15) is 12.1 Å². The van der Waals surface area contributed by atoms with Crippen molar-refractivity contribution in [1.29, 1.82) is 5.26 Å². The first-order valence-electron chi connectivity index (χ1n) is 7.59. The lowest BCUT2D eigenvalue weighted by molar-refractivity contribution is -0.144. The van der Waals surface area contributed by atoms with Crippen LogP contribution >= 0.6 is 0 Å². The van der Waals surface area contributed by atoms with Crippen LogP contribution in [0.2, 0.25) is 0 Å². The van der Waals surface area contributed by atoms with Crippen molar-refractivity contribution in [2.75, 3.05) is 13.1 Å². The highest BCUT2D eigenvalue weighted by Gasteiger charge is 2.47. The molecule has 0 aromatic rings. The Labute approximate surface area is 134 Å². The Morgan fingerprint density at radius 1 is 1.30 bits per heavy atom. The summed E-state index contributed by atoms with van der Waals surface area (Å²) in [4.78, 5) is 49.4. The van der Waals surface area contributed by atoms with E-state index in [4.69, 9.17) is 0 Å². The van der Waals surface area contributed by atoms with Gasteiger partial charge < -0.3 is 5.32 Å². The maximum Gasteiger partial charge on any atom is 0.334 e. The predicted octanol–water partition coefficient (Wildman–Crippen LogP) is 0.242. The number of carbonyl (C=O) groups excluding carboxylic acids is 4. The summed E-state index contributed by atoms with van der Waals surface area (Å²) in [7, 11) is 0. The third-order valence-corrected chi connectivity index (χ3v) is 4.01. The molecule has 1 atom stereocenters. The zero-order valence-electron chi connectivity index (χ0n) is 13.5. The molecule has 0 bridgehead atoms. The number of urea groups is 1. The molecule has 124 valence electrons. The summed E-state index contributed by atoms with van der Waals surface area (Å²) in [5.41, 5.74) is -1.01. The average molecular weight is 320 g/mol. The molecule has 1 saturated carbocycles. The Morgan fingerprint density at radius 2 is 1.87 bits per heavy atom. The van der Waals surface area contributed by atoms with Crippen LogP contribution in [0.1, 0.15) is 33.6 Å². The van der Waals surface area contributed by atoms with Crippen LogP contribution in [0.25, 0.3) is 0 Å². The molecular formula is C15H20N4O4. The van der Waals surface area contributed by atoms with E-state index in [0.29, 0.717) is 4.90 Å². The molecule has 1 saturated heterocycles. The van der Waals surface area contributed by atoms with Gasteiger partial charge in [-0.15, -0.1) is 0 Å². The van der Waals surface area contributed by atoms with Crippen LogP contribution < -0.4 is 5.32 Å². The monoisotopic (exact) mass is 320 g/mol. The minimum atomic E-state index is -1.01. The minimum Gasteiger partial charge on any atom is -0.336 e. The highest BCUT2D eigenvalue weighted by Crippen LogP contribution is 2.39. The van der Waals surface area contributed by atoms with E-state index in [1.54, 1.807) is 6.92 Å². The van der Waals surface area contributed by atoms with Crippen LogP contribution in [0.4, 0.5) is 4.79 Å². The molecular weight excluding hydrogens is 300 g/mol. The summed E-state index contributed by atoms with van der Waals surface area (Å²) in [5, 5.41) is 11.8. The maximum absolute atomic E-state index is 12.1. The molecule has 2 fully saturated rings. The van der Waals surface area contributed by atoms with E-state index in [1.807, 2.05) is 13.8 Å². The van der Waals surface area contributed by atoms with E-state index < -0.39 is 35.8 Å². The molecule has 2 rings (SSSR count). The molecule has 1 N–H and O–H groups in total. The van der Waals surface area contributed by atoms with Crippen molar-refractivity contribution < 1.29 is 19.2 Å². The summed E-state index contributed by atoms with van der Waals surface area (Å²) in [6.07, 6.45) is 1.71. The van der Waals surface area contributed by atoms with E-state index in [9.17, 15) is 24.4 Å². The van der Waals surface area contributed by atoms with E-state index in [2.05, 4.69) is 11.4 Å². The third kappa shape index (κ3) is 3.33. The summed E-state index contributed by atoms with van der Waals surface area (Å²) < 4.78 is 0. The zero-order valence-corrected chi connectivity index (χ0v) is 13.5. The Kier molecular flexibility index (Phi) is 4.41. The van der Waals surface area contributed by atoms with Gasteiger partial charge in [0.05, 0.1) is 6.07 Å². The van der Waals surface area contributed by atoms with Crippen molar-refractivity contribution in [2.45, 2.75) is 39.2 Å². The van der Waals surface area contributed by atoms with Crippen LogP contribution in [0.15, 0.2) is 0 Å². The minimum absolute atomic E-state index is 0.0150. The van der Waals surface area contributed by atoms with Crippen molar-refractivity contribution in [3.8, 4) is 6.07 Å². The van der Waals surface area contributed by atoms with Crippen molar-refractivity contribution in [3.63, 3.8) is 0 Å². The topological polar surface area (TPSA) is 111 Å². The highest BCUT2D eigenvalue weighted by atomic mass is 16.2. The predicted molar refractivity (Wildman–Crippen MR) is 78.5 cm³/mol. The van der Waals surface area contributed by atoms with Gasteiger partial charge in [0, 0.05) is 6.54 Å². The summed E-state index contributed by atoms with van der Waals surface area (Å²) in [5.74, 6) is -2.44. The molecule has 0 aromatic heterocycles. The van der Waals surface area contributed by atoms with E-state index >= 15 is 0 Å². The molecule has 0 spiro atoms. The Hall–Kier alpha value is -2.43. The number of carbonyl (C=O) groups is 4. The van der Waals surface area contributed by atoms with Gasteiger partial charge in [-0.3, -0.25) is 19.3 Å². The van der Waals surface area contributed by atoms with Crippen LogP contribution in [-0.2, 0) is 14.4 Å². The van der Waals surface area contributed by atoms with Crippen LogP contribution in [0.3, 0.4) is 0 Å². The fourth-order valence-corrected chi connectivity index (χ4v) is 2.57. The normalized spacial score (nSPS) is 20.7. The Balaban J connectivity index is 2.03. The Bertz CT molecular complexity index is 605. The molecule has 0 radical (unpaired) electrons. The third-order valence-electron chi connectivity index (χ3n) is 4.01. The lowest BCUT2D eigenvalue weighted by atomic mass is 9.98.